The van der Waals surface area contributed by atoms with Crippen molar-refractivity contribution in [3.05, 3.63) is 54.1 Å². The van der Waals surface area contributed by atoms with E-state index in [2.05, 4.69) is 10.3 Å². The van der Waals surface area contributed by atoms with E-state index in [-0.39, 0.29) is 5.91 Å². The number of aliphatic imine (C=N–C) groups is 1. The molecule has 1 fully saturated rings. The Morgan fingerprint density at radius 2 is 1.88 bits per heavy atom. The number of guanidine groups is 1. The number of piperidine rings is 1. The van der Waals surface area contributed by atoms with Crippen LogP contribution in [0.5, 0.6) is 5.75 Å². The smallest absolute Gasteiger partial charge is 0.226 e. The minimum Gasteiger partial charge on any atom is -0.497 e. The number of amides is 1. The Balaban J connectivity index is 1.57. The van der Waals surface area contributed by atoms with Crippen molar-refractivity contribution in [2.24, 2.45) is 10.7 Å². The highest BCUT2D eigenvalue weighted by Crippen LogP contribution is 2.21. The number of nitrogens with one attached hydrogen (secondary N) is 1. The summed E-state index contributed by atoms with van der Waals surface area (Å²) in [5, 5.41) is 3.05. The molecular weight excluding hydrogens is 328 g/mol. The lowest BCUT2D eigenvalue weighted by Gasteiger charge is -2.26. The van der Waals surface area contributed by atoms with E-state index in [1.807, 2.05) is 53.4 Å². The second-order valence-corrected chi connectivity index (χ2v) is 6.22. The predicted octanol–water partition coefficient (Wildman–Crippen LogP) is 3.14. The summed E-state index contributed by atoms with van der Waals surface area (Å²) in [6, 6.07) is 15.4. The summed E-state index contributed by atoms with van der Waals surface area (Å²) in [7, 11) is 1.63. The molecule has 0 aliphatic carbocycles. The number of hydrogen-bond donors (Lipinski definition) is 2. The Labute approximate surface area is 153 Å². The van der Waals surface area contributed by atoms with Gasteiger partial charge in [0.15, 0.2) is 5.96 Å². The molecule has 1 saturated heterocycles. The Bertz CT molecular complexity index is 769. The van der Waals surface area contributed by atoms with Crippen molar-refractivity contribution in [2.75, 3.05) is 23.9 Å². The summed E-state index contributed by atoms with van der Waals surface area (Å²) < 4.78 is 5.13. The van der Waals surface area contributed by atoms with Crippen LogP contribution in [-0.2, 0) is 11.3 Å². The maximum Gasteiger partial charge on any atom is 0.226 e. The van der Waals surface area contributed by atoms with Gasteiger partial charge in [-0.05, 0) is 54.8 Å². The third-order valence-corrected chi connectivity index (χ3v) is 4.37. The van der Waals surface area contributed by atoms with Crippen molar-refractivity contribution < 1.29 is 9.53 Å². The third-order valence-electron chi connectivity index (χ3n) is 4.37. The Morgan fingerprint density at radius 3 is 2.54 bits per heavy atom. The molecule has 3 N–H and O–H groups in total. The van der Waals surface area contributed by atoms with Gasteiger partial charge in [0.25, 0.3) is 0 Å². The van der Waals surface area contributed by atoms with Gasteiger partial charge in [-0.1, -0.05) is 12.1 Å². The molecule has 1 aliphatic rings. The monoisotopic (exact) mass is 352 g/mol. The maximum atomic E-state index is 12.0. The van der Waals surface area contributed by atoms with E-state index in [1.165, 1.54) is 0 Å². The molecule has 0 atom stereocenters. The molecule has 1 aliphatic heterocycles. The molecular formula is C20H24N4O2. The minimum absolute atomic E-state index is 0.204. The summed E-state index contributed by atoms with van der Waals surface area (Å²) in [6.07, 6.45) is 2.69. The number of nitrogens with two attached hydrogens (primary N) is 1. The van der Waals surface area contributed by atoms with E-state index in [9.17, 15) is 4.79 Å². The molecule has 3 rings (SSSR count). The molecule has 0 bridgehead atoms. The molecule has 6 nitrogen and oxygen atoms in total. The number of hydrogen-bond acceptors (Lipinski definition) is 3. The van der Waals surface area contributed by atoms with Crippen molar-refractivity contribution in [3.8, 4) is 5.75 Å². The SMILES string of the molecule is COc1ccc(NC(N)=NCc2ccc(N3CCCCC3=O)cc2)cc1. The van der Waals surface area contributed by atoms with Gasteiger partial charge in [0.2, 0.25) is 5.91 Å². The fourth-order valence-electron chi connectivity index (χ4n) is 2.90. The lowest BCUT2D eigenvalue weighted by atomic mass is 10.1. The number of carbonyl (C=O) groups is 1. The zero-order chi connectivity index (χ0) is 18.4. The normalized spacial score (nSPS) is 15.0. The number of benzene rings is 2. The fraction of sp³-hybridized carbons (Fsp3) is 0.300. The molecule has 6 heteroatoms. The van der Waals surface area contributed by atoms with Crippen molar-refractivity contribution in [1.29, 1.82) is 0 Å². The topological polar surface area (TPSA) is 80.0 Å². The first-order valence-corrected chi connectivity index (χ1v) is 8.76. The van der Waals surface area contributed by atoms with Gasteiger partial charge in [-0.2, -0.15) is 0 Å². The number of nitrogens with zero attached hydrogens (tertiary/aromatic N) is 2. The Kier molecular flexibility index (Phi) is 5.73. The van der Waals surface area contributed by atoms with E-state index in [0.29, 0.717) is 18.9 Å². The largest absolute Gasteiger partial charge is 0.497 e. The van der Waals surface area contributed by atoms with Crippen LogP contribution < -0.4 is 20.7 Å². The second kappa shape index (κ2) is 8.38. The number of anilines is 2. The van der Waals surface area contributed by atoms with Crippen LogP contribution >= 0.6 is 0 Å². The summed E-state index contributed by atoms with van der Waals surface area (Å²) in [5.41, 5.74) is 8.79. The van der Waals surface area contributed by atoms with Gasteiger partial charge in [-0.3, -0.25) is 4.79 Å². The molecule has 0 aromatic heterocycles. The zero-order valence-electron chi connectivity index (χ0n) is 14.9. The van der Waals surface area contributed by atoms with Gasteiger partial charge in [0.05, 0.1) is 13.7 Å². The molecule has 26 heavy (non-hydrogen) atoms. The lowest BCUT2D eigenvalue weighted by molar-refractivity contribution is -0.119. The first-order valence-electron chi connectivity index (χ1n) is 8.76. The van der Waals surface area contributed by atoms with Gasteiger partial charge in [-0.25, -0.2) is 4.99 Å². The van der Waals surface area contributed by atoms with Gasteiger partial charge in [0.1, 0.15) is 5.75 Å². The summed E-state index contributed by atoms with van der Waals surface area (Å²) >= 11 is 0. The van der Waals surface area contributed by atoms with Crippen LogP contribution in [0.2, 0.25) is 0 Å². The molecule has 2 aromatic rings. The average Bonchev–Trinajstić information content (AvgIpc) is 2.68. The van der Waals surface area contributed by atoms with Crippen molar-refractivity contribution >= 4 is 23.2 Å². The molecule has 0 unspecified atom stereocenters. The van der Waals surface area contributed by atoms with Crippen LogP contribution in [0, 0.1) is 0 Å². The first kappa shape index (κ1) is 17.8. The Hall–Kier alpha value is -3.02. The summed E-state index contributed by atoms with van der Waals surface area (Å²) in [4.78, 5) is 18.2. The molecule has 1 heterocycles. The third kappa shape index (κ3) is 4.53. The van der Waals surface area contributed by atoms with Crippen molar-refractivity contribution in [1.82, 2.24) is 0 Å². The predicted molar refractivity (Wildman–Crippen MR) is 105 cm³/mol. The van der Waals surface area contributed by atoms with Gasteiger partial charge >= 0.3 is 0 Å². The molecule has 136 valence electrons. The van der Waals surface area contributed by atoms with Crippen LogP contribution in [0.4, 0.5) is 11.4 Å². The highest BCUT2D eigenvalue weighted by atomic mass is 16.5. The minimum atomic E-state index is 0.204. The molecule has 0 radical (unpaired) electrons. The molecule has 1 amide bonds. The van der Waals surface area contributed by atoms with Crippen LogP contribution in [0.15, 0.2) is 53.5 Å². The highest BCUT2D eigenvalue weighted by Gasteiger charge is 2.19. The first-order chi connectivity index (χ1) is 12.7. The number of carbonyl (C=O) groups excluding carboxylic acids is 1. The second-order valence-electron chi connectivity index (χ2n) is 6.22. The number of rotatable bonds is 5. The van der Waals surface area contributed by atoms with Crippen LogP contribution in [-0.4, -0.2) is 25.5 Å². The maximum absolute atomic E-state index is 12.0. The number of ether oxygens (including phenoxy) is 1. The van der Waals surface area contributed by atoms with E-state index < -0.39 is 0 Å². The summed E-state index contributed by atoms with van der Waals surface area (Å²) in [6.45, 7) is 1.28. The van der Waals surface area contributed by atoms with E-state index >= 15 is 0 Å². The Morgan fingerprint density at radius 1 is 1.15 bits per heavy atom. The van der Waals surface area contributed by atoms with Gasteiger partial charge in [0, 0.05) is 24.3 Å². The molecule has 0 spiro atoms. The van der Waals surface area contributed by atoms with E-state index in [1.54, 1.807) is 7.11 Å². The van der Waals surface area contributed by atoms with E-state index in [0.717, 1.165) is 42.1 Å². The van der Waals surface area contributed by atoms with Crippen LogP contribution in [0.1, 0.15) is 24.8 Å². The van der Waals surface area contributed by atoms with Crippen molar-refractivity contribution in [2.45, 2.75) is 25.8 Å². The number of methoxy groups -OCH3 is 1. The fourth-order valence-corrected chi connectivity index (χ4v) is 2.90. The molecule has 2 aromatic carbocycles. The quantitative estimate of drug-likeness (QED) is 0.640. The lowest BCUT2D eigenvalue weighted by Crippen LogP contribution is -2.35. The standard InChI is InChI=1S/C20H24N4O2/c1-26-18-11-7-16(8-12-18)23-20(21)22-14-15-5-9-17(10-6-15)24-13-3-2-4-19(24)25/h5-12H,2-4,13-14H2,1H3,(H3,21,22,23). The van der Waals surface area contributed by atoms with Crippen molar-refractivity contribution in [3.63, 3.8) is 0 Å². The van der Waals surface area contributed by atoms with Crippen LogP contribution in [0.3, 0.4) is 0 Å². The highest BCUT2D eigenvalue weighted by molar-refractivity contribution is 5.94. The van der Waals surface area contributed by atoms with Gasteiger partial charge < -0.3 is 20.7 Å². The molecule has 0 saturated carbocycles. The van der Waals surface area contributed by atoms with Gasteiger partial charge in [-0.15, -0.1) is 0 Å². The van der Waals surface area contributed by atoms with Crippen LogP contribution in [0.25, 0.3) is 0 Å². The summed E-state index contributed by atoms with van der Waals surface area (Å²) in [5.74, 6) is 1.35. The average molecular weight is 352 g/mol. The van der Waals surface area contributed by atoms with E-state index in [4.69, 9.17) is 10.5 Å². The zero-order valence-corrected chi connectivity index (χ0v) is 14.9.